The van der Waals surface area contributed by atoms with E-state index >= 15 is 0 Å². The maximum atomic E-state index is 12.4. The summed E-state index contributed by atoms with van der Waals surface area (Å²) in [4.78, 5) is 10.1. The van der Waals surface area contributed by atoms with Crippen molar-refractivity contribution < 1.29 is 13.3 Å². The van der Waals surface area contributed by atoms with Crippen molar-refractivity contribution in [3.05, 3.63) is 33.9 Å². The molecule has 0 aliphatic rings. The quantitative estimate of drug-likeness (QED) is 0.615. The van der Waals surface area contributed by atoms with Crippen LogP contribution in [0.1, 0.15) is 5.56 Å². The normalized spacial score (nSPS) is 11.8. The first-order valence-electron chi connectivity index (χ1n) is 5.67. The smallest absolute Gasteiger partial charge is 0.289 e. The lowest BCUT2D eigenvalue weighted by molar-refractivity contribution is -0.387. The summed E-state index contributed by atoms with van der Waals surface area (Å²) in [6, 6.07) is 4.22. The molecule has 0 bridgehead atoms. The van der Waals surface area contributed by atoms with Crippen LogP contribution in [-0.4, -0.2) is 44.8 Å². The summed E-state index contributed by atoms with van der Waals surface area (Å²) in [6.45, 7) is 2.26. The van der Waals surface area contributed by atoms with E-state index in [0.717, 1.165) is 4.31 Å². The molecule has 0 aromatic heterocycles. The molecule has 0 aliphatic heterocycles. The Hall–Kier alpha value is -1.51. The van der Waals surface area contributed by atoms with Crippen molar-refractivity contribution in [2.24, 2.45) is 0 Å². The van der Waals surface area contributed by atoms with E-state index in [0.29, 0.717) is 12.1 Å². The van der Waals surface area contributed by atoms with Gasteiger partial charge in [-0.1, -0.05) is 12.1 Å². The number of nitrogens with one attached hydrogen (secondary N) is 1. The average Bonchev–Trinajstić information content (AvgIpc) is 2.34. The Balaban J connectivity index is 3.32. The standard InChI is InChI=1S/C11H17N3O4S/c1-9-5-4-6-10(14(15)16)11(9)19(17,18)13(3)8-7-12-2/h4-6,12H,7-8H2,1-3H3. The van der Waals surface area contributed by atoms with Gasteiger partial charge in [0.15, 0.2) is 4.90 Å². The first kappa shape index (κ1) is 15.5. The molecule has 106 valence electrons. The molecule has 0 aliphatic carbocycles. The summed E-state index contributed by atoms with van der Waals surface area (Å²) in [5.41, 5.74) is -0.0261. The van der Waals surface area contributed by atoms with E-state index in [1.54, 1.807) is 20.0 Å². The predicted molar refractivity (Wildman–Crippen MR) is 71.6 cm³/mol. The Morgan fingerprint density at radius 3 is 2.58 bits per heavy atom. The average molecular weight is 287 g/mol. The van der Waals surface area contributed by atoms with Crippen LogP contribution >= 0.6 is 0 Å². The van der Waals surface area contributed by atoms with Crippen LogP contribution < -0.4 is 5.32 Å². The number of rotatable bonds is 6. The van der Waals surface area contributed by atoms with Crippen molar-refractivity contribution >= 4 is 15.7 Å². The van der Waals surface area contributed by atoms with Gasteiger partial charge in [0, 0.05) is 26.2 Å². The number of aryl methyl sites for hydroxylation is 1. The zero-order valence-corrected chi connectivity index (χ0v) is 11.9. The lowest BCUT2D eigenvalue weighted by atomic mass is 10.2. The van der Waals surface area contributed by atoms with Crippen molar-refractivity contribution in [1.82, 2.24) is 9.62 Å². The monoisotopic (exact) mass is 287 g/mol. The van der Waals surface area contributed by atoms with E-state index in [1.807, 2.05) is 0 Å². The second kappa shape index (κ2) is 6.09. The molecule has 0 amide bonds. The van der Waals surface area contributed by atoms with Crippen LogP contribution in [0.3, 0.4) is 0 Å². The number of hydrogen-bond acceptors (Lipinski definition) is 5. The molecule has 0 radical (unpaired) electrons. The Kier molecular flexibility index (Phi) is 4.98. The van der Waals surface area contributed by atoms with E-state index in [2.05, 4.69) is 5.32 Å². The molecule has 1 N–H and O–H groups in total. The van der Waals surface area contributed by atoms with Crippen molar-refractivity contribution in [2.45, 2.75) is 11.8 Å². The zero-order valence-electron chi connectivity index (χ0n) is 11.1. The SMILES string of the molecule is CNCCN(C)S(=O)(=O)c1c(C)cccc1[N+](=O)[O-]. The Labute approximate surface area is 112 Å². The molecular formula is C11H17N3O4S. The molecule has 0 atom stereocenters. The fraction of sp³-hybridized carbons (Fsp3) is 0.455. The first-order chi connectivity index (χ1) is 8.82. The third-order valence-electron chi connectivity index (χ3n) is 2.73. The minimum atomic E-state index is -3.87. The van der Waals surface area contributed by atoms with E-state index in [9.17, 15) is 18.5 Å². The van der Waals surface area contributed by atoms with Gasteiger partial charge in [-0.3, -0.25) is 10.1 Å². The van der Waals surface area contributed by atoms with Gasteiger partial charge in [-0.05, 0) is 19.5 Å². The number of likely N-dealkylation sites (N-methyl/N-ethyl adjacent to an activating group) is 2. The van der Waals surface area contributed by atoms with E-state index < -0.39 is 20.6 Å². The molecule has 1 aromatic carbocycles. The molecule has 0 unspecified atom stereocenters. The fourth-order valence-electron chi connectivity index (χ4n) is 1.66. The largest absolute Gasteiger partial charge is 0.318 e. The third-order valence-corrected chi connectivity index (χ3v) is 4.78. The topological polar surface area (TPSA) is 92.6 Å². The van der Waals surface area contributed by atoms with Crippen LogP contribution in [0.4, 0.5) is 5.69 Å². The summed E-state index contributed by atoms with van der Waals surface area (Å²) in [5, 5.41) is 13.8. The van der Waals surface area contributed by atoms with Crippen LogP contribution in [0.15, 0.2) is 23.1 Å². The molecule has 0 fully saturated rings. The number of nitro groups is 1. The molecule has 1 aromatic rings. The van der Waals surface area contributed by atoms with Gasteiger partial charge in [0.2, 0.25) is 10.0 Å². The van der Waals surface area contributed by atoms with Crippen LogP contribution in [-0.2, 0) is 10.0 Å². The summed E-state index contributed by atoms with van der Waals surface area (Å²) >= 11 is 0. The van der Waals surface area contributed by atoms with Gasteiger partial charge in [0.05, 0.1) is 4.92 Å². The van der Waals surface area contributed by atoms with Gasteiger partial charge in [0.1, 0.15) is 0 Å². The second-order valence-electron chi connectivity index (χ2n) is 4.11. The summed E-state index contributed by atoms with van der Waals surface area (Å²) in [7, 11) is -0.755. The van der Waals surface area contributed by atoms with Crippen LogP contribution in [0.2, 0.25) is 0 Å². The minimum absolute atomic E-state index is 0.237. The minimum Gasteiger partial charge on any atom is -0.318 e. The molecule has 1 rings (SSSR count). The van der Waals surface area contributed by atoms with E-state index in [-0.39, 0.29) is 11.4 Å². The van der Waals surface area contributed by atoms with E-state index in [4.69, 9.17) is 0 Å². The molecule has 19 heavy (non-hydrogen) atoms. The fourth-order valence-corrected chi connectivity index (χ4v) is 3.19. The Bertz CT molecular complexity index is 571. The van der Waals surface area contributed by atoms with Gasteiger partial charge >= 0.3 is 0 Å². The van der Waals surface area contributed by atoms with Crippen LogP contribution in [0.25, 0.3) is 0 Å². The summed E-state index contributed by atoms with van der Waals surface area (Å²) in [5.74, 6) is 0. The highest BCUT2D eigenvalue weighted by atomic mass is 32.2. The number of benzene rings is 1. The lowest BCUT2D eigenvalue weighted by Gasteiger charge is -2.18. The maximum Gasteiger partial charge on any atom is 0.289 e. The molecule has 0 heterocycles. The van der Waals surface area contributed by atoms with Crippen molar-refractivity contribution in [3.63, 3.8) is 0 Å². The molecule has 0 saturated heterocycles. The Morgan fingerprint density at radius 1 is 1.42 bits per heavy atom. The van der Waals surface area contributed by atoms with Gasteiger partial charge in [-0.2, -0.15) is 4.31 Å². The highest BCUT2D eigenvalue weighted by Gasteiger charge is 2.30. The highest BCUT2D eigenvalue weighted by Crippen LogP contribution is 2.28. The number of hydrogen-bond donors (Lipinski definition) is 1. The van der Waals surface area contributed by atoms with Crippen LogP contribution in [0.5, 0.6) is 0 Å². The van der Waals surface area contributed by atoms with Crippen molar-refractivity contribution in [3.8, 4) is 0 Å². The molecule has 8 heteroatoms. The molecule has 0 saturated carbocycles. The van der Waals surface area contributed by atoms with Gasteiger partial charge in [-0.25, -0.2) is 8.42 Å². The molecular weight excluding hydrogens is 270 g/mol. The number of nitro benzene ring substituents is 1. The number of nitrogens with zero attached hydrogens (tertiary/aromatic N) is 2. The highest BCUT2D eigenvalue weighted by molar-refractivity contribution is 7.89. The summed E-state index contributed by atoms with van der Waals surface area (Å²) < 4.78 is 25.9. The third kappa shape index (κ3) is 3.28. The van der Waals surface area contributed by atoms with Gasteiger partial charge < -0.3 is 5.32 Å². The lowest BCUT2D eigenvalue weighted by Crippen LogP contribution is -2.33. The maximum absolute atomic E-state index is 12.4. The Morgan fingerprint density at radius 2 is 2.05 bits per heavy atom. The molecule has 7 nitrogen and oxygen atoms in total. The van der Waals surface area contributed by atoms with E-state index in [1.165, 1.54) is 19.2 Å². The van der Waals surface area contributed by atoms with Crippen LogP contribution in [0, 0.1) is 17.0 Å². The van der Waals surface area contributed by atoms with Crippen molar-refractivity contribution in [2.75, 3.05) is 27.2 Å². The first-order valence-corrected chi connectivity index (χ1v) is 7.11. The summed E-state index contributed by atoms with van der Waals surface area (Å²) in [6.07, 6.45) is 0. The zero-order chi connectivity index (χ0) is 14.6. The predicted octanol–water partition coefficient (Wildman–Crippen LogP) is 0.743. The van der Waals surface area contributed by atoms with Crippen molar-refractivity contribution in [1.29, 1.82) is 0 Å². The van der Waals surface area contributed by atoms with Gasteiger partial charge in [-0.15, -0.1) is 0 Å². The molecule has 0 spiro atoms. The second-order valence-corrected chi connectivity index (χ2v) is 6.09. The number of sulfonamides is 1. The van der Waals surface area contributed by atoms with Gasteiger partial charge in [0.25, 0.3) is 5.69 Å².